The molecule has 2 aliphatic carbocycles. The maximum atomic E-state index is 13.2. The van der Waals surface area contributed by atoms with Crippen molar-refractivity contribution in [1.82, 2.24) is 0 Å². The van der Waals surface area contributed by atoms with Crippen molar-refractivity contribution in [3.05, 3.63) is 12.2 Å². The molecule has 0 heterocycles. The van der Waals surface area contributed by atoms with E-state index in [0.717, 1.165) is 0 Å². The van der Waals surface area contributed by atoms with E-state index in [1.165, 1.54) is 6.92 Å². The van der Waals surface area contributed by atoms with Crippen LogP contribution in [0, 0.1) is 17.8 Å². The van der Waals surface area contributed by atoms with Crippen LogP contribution in [-0.4, -0.2) is 30.0 Å². The molecule has 0 amide bonds. The number of fused-ring (bicyclic) bond motifs is 2. The first-order chi connectivity index (χ1) is 11.3. The maximum absolute atomic E-state index is 13.2. The van der Waals surface area contributed by atoms with Crippen molar-refractivity contribution in [1.29, 1.82) is 0 Å². The van der Waals surface area contributed by atoms with Crippen LogP contribution in [-0.2, 0) is 12.6 Å². The summed E-state index contributed by atoms with van der Waals surface area (Å²) < 4.78 is 88.3. The Balaban J connectivity index is 2.11. The van der Waals surface area contributed by atoms with Gasteiger partial charge in [-0.1, -0.05) is 6.58 Å². The van der Waals surface area contributed by atoms with Gasteiger partial charge in [0.05, 0.1) is 0 Å². The molecular weight excluding hydrogens is 469 g/mol. The van der Waals surface area contributed by atoms with Crippen LogP contribution >= 0.6 is 23.0 Å². The third-order valence-electron chi connectivity index (χ3n) is 5.14. The molecule has 2 saturated carbocycles. The van der Waals surface area contributed by atoms with E-state index >= 15 is 0 Å². The molecule has 144 valence electrons. The van der Waals surface area contributed by atoms with Crippen LogP contribution in [0.2, 0.25) is 0 Å². The van der Waals surface area contributed by atoms with Gasteiger partial charge in [0.2, 0.25) is 0 Å². The van der Waals surface area contributed by atoms with Gasteiger partial charge >= 0.3 is 18.3 Å². The standard InChI is InChI=1S/C15H17F6IO3/c1-7(2)12(23)24-11-5-8-3-9(11)4-10(8)6-13(25-22,14(16,17)18)15(19,20)21/h8-11H,1,3-6H2,2H3. The average Bonchev–Trinajstić information content (AvgIpc) is 3.01. The van der Waals surface area contributed by atoms with Gasteiger partial charge < -0.3 is 4.74 Å². The molecule has 0 aromatic heterocycles. The van der Waals surface area contributed by atoms with Crippen LogP contribution in [0.3, 0.4) is 0 Å². The molecule has 0 spiro atoms. The summed E-state index contributed by atoms with van der Waals surface area (Å²) >= 11 is 0.678. The minimum absolute atomic E-state index is 0.146. The number of hydrogen-bond acceptors (Lipinski definition) is 3. The number of halogens is 7. The zero-order valence-corrected chi connectivity index (χ0v) is 15.4. The first-order valence-electron chi connectivity index (χ1n) is 7.62. The molecule has 0 aromatic carbocycles. The summed E-state index contributed by atoms with van der Waals surface area (Å²) in [7, 11) is 0. The quantitative estimate of drug-likeness (QED) is 0.234. The van der Waals surface area contributed by atoms with Gasteiger partial charge in [-0.25, -0.2) is 4.79 Å². The van der Waals surface area contributed by atoms with E-state index in [1.54, 1.807) is 0 Å². The summed E-state index contributed by atoms with van der Waals surface area (Å²) in [6.07, 6.45) is -11.9. The Labute approximate surface area is 154 Å². The van der Waals surface area contributed by atoms with Gasteiger partial charge in [0.15, 0.2) is 0 Å². The predicted octanol–water partition coefficient (Wildman–Crippen LogP) is 5.14. The van der Waals surface area contributed by atoms with E-state index in [-0.39, 0.29) is 30.3 Å². The largest absolute Gasteiger partial charge is 0.459 e. The van der Waals surface area contributed by atoms with Crippen molar-refractivity contribution < 1.29 is 38.9 Å². The van der Waals surface area contributed by atoms with Crippen molar-refractivity contribution in [3.63, 3.8) is 0 Å². The Kier molecular flexibility index (Phi) is 5.73. The van der Waals surface area contributed by atoms with Crippen LogP contribution in [0.25, 0.3) is 0 Å². The van der Waals surface area contributed by atoms with Crippen molar-refractivity contribution in [2.75, 3.05) is 0 Å². The molecule has 0 aliphatic heterocycles. The number of esters is 1. The van der Waals surface area contributed by atoms with E-state index < -0.39 is 42.4 Å². The summed E-state index contributed by atoms with van der Waals surface area (Å²) in [5.74, 6) is -1.97. The second kappa shape index (κ2) is 6.90. The summed E-state index contributed by atoms with van der Waals surface area (Å²) in [6, 6.07) is 0. The Morgan fingerprint density at radius 3 is 2.00 bits per heavy atom. The fraction of sp³-hybridized carbons (Fsp3) is 0.800. The van der Waals surface area contributed by atoms with Crippen molar-refractivity contribution in [2.45, 2.75) is 56.7 Å². The SMILES string of the molecule is C=C(C)C(=O)OC1CC2CC1CC2CC(OI)(C(F)(F)F)C(F)(F)F. The molecule has 2 bridgehead atoms. The number of alkyl halides is 6. The molecule has 0 N–H and O–H groups in total. The number of hydrogen-bond donors (Lipinski definition) is 0. The van der Waals surface area contributed by atoms with Crippen LogP contribution in [0.5, 0.6) is 0 Å². The molecule has 10 heteroatoms. The zero-order chi connectivity index (χ0) is 19.2. The smallest absolute Gasteiger partial charge is 0.427 e. The minimum Gasteiger partial charge on any atom is -0.459 e. The van der Waals surface area contributed by atoms with Gasteiger partial charge in [0.1, 0.15) is 29.1 Å². The average molecular weight is 486 g/mol. The number of ether oxygens (including phenoxy) is 1. The molecule has 2 aliphatic rings. The molecule has 2 rings (SSSR count). The third kappa shape index (κ3) is 3.79. The second-order valence-corrected chi connectivity index (χ2v) is 7.26. The summed E-state index contributed by atoms with van der Waals surface area (Å²) in [5.41, 5.74) is -3.98. The lowest BCUT2D eigenvalue weighted by Gasteiger charge is -2.38. The highest BCUT2D eigenvalue weighted by Crippen LogP contribution is 2.57. The fourth-order valence-electron chi connectivity index (χ4n) is 3.85. The van der Waals surface area contributed by atoms with Crippen LogP contribution in [0.1, 0.15) is 32.6 Å². The first-order valence-corrected chi connectivity index (χ1v) is 8.50. The highest BCUT2D eigenvalue weighted by Gasteiger charge is 2.73. The van der Waals surface area contributed by atoms with Crippen molar-refractivity contribution >= 4 is 29.0 Å². The Morgan fingerprint density at radius 2 is 1.64 bits per heavy atom. The van der Waals surface area contributed by atoms with Crippen molar-refractivity contribution in [2.24, 2.45) is 17.8 Å². The van der Waals surface area contributed by atoms with Gasteiger partial charge in [-0.3, -0.25) is 3.07 Å². The molecule has 0 saturated heterocycles. The molecular formula is C15H17F6IO3. The fourth-order valence-corrected chi connectivity index (χ4v) is 4.53. The number of rotatable bonds is 5. The van der Waals surface area contributed by atoms with Gasteiger partial charge in [-0.15, -0.1) is 0 Å². The monoisotopic (exact) mass is 486 g/mol. The normalized spacial score (nSPS) is 29.8. The Hall–Kier alpha value is -0.520. The zero-order valence-electron chi connectivity index (χ0n) is 13.2. The van der Waals surface area contributed by atoms with Gasteiger partial charge in [-0.05, 0) is 50.4 Å². The Bertz CT molecular complexity index is 530. The molecule has 0 aromatic rings. The topological polar surface area (TPSA) is 35.5 Å². The predicted molar refractivity (Wildman–Crippen MR) is 83.6 cm³/mol. The third-order valence-corrected chi connectivity index (χ3v) is 5.89. The van der Waals surface area contributed by atoms with E-state index in [2.05, 4.69) is 9.65 Å². The van der Waals surface area contributed by atoms with Crippen molar-refractivity contribution in [3.8, 4) is 0 Å². The summed E-state index contributed by atoms with van der Waals surface area (Å²) in [6.45, 7) is 4.92. The van der Waals surface area contributed by atoms with E-state index in [1.807, 2.05) is 0 Å². The highest BCUT2D eigenvalue weighted by atomic mass is 127. The lowest BCUT2D eigenvalue weighted by molar-refractivity contribution is -0.354. The van der Waals surface area contributed by atoms with Gasteiger partial charge in [-0.2, -0.15) is 26.3 Å². The molecule has 4 unspecified atom stereocenters. The van der Waals surface area contributed by atoms with Gasteiger partial charge in [0, 0.05) is 5.57 Å². The highest BCUT2D eigenvalue weighted by molar-refractivity contribution is 14.1. The van der Waals surface area contributed by atoms with E-state index in [9.17, 15) is 31.1 Å². The summed E-state index contributed by atoms with van der Waals surface area (Å²) in [5, 5.41) is 0. The van der Waals surface area contributed by atoms with Gasteiger partial charge in [0.25, 0.3) is 5.60 Å². The molecule has 2 fully saturated rings. The second-order valence-electron chi connectivity index (χ2n) is 6.82. The number of carbonyl (C=O) groups excluding carboxylic acids is 1. The minimum atomic E-state index is -5.57. The van der Waals surface area contributed by atoms with Crippen LogP contribution in [0.4, 0.5) is 26.3 Å². The van der Waals surface area contributed by atoms with Crippen LogP contribution < -0.4 is 0 Å². The lowest BCUT2D eigenvalue weighted by atomic mass is 9.79. The van der Waals surface area contributed by atoms with E-state index in [0.29, 0.717) is 29.4 Å². The Morgan fingerprint density at radius 1 is 1.08 bits per heavy atom. The maximum Gasteiger partial charge on any atom is 0.427 e. The molecule has 3 nitrogen and oxygen atoms in total. The molecule has 4 atom stereocenters. The molecule has 0 radical (unpaired) electrons. The van der Waals surface area contributed by atoms with Crippen LogP contribution in [0.15, 0.2) is 12.2 Å². The first kappa shape index (κ1) is 20.8. The lowest BCUT2D eigenvalue weighted by Crippen LogP contribution is -2.58. The summed E-state index contributed by atoms with van der Waals surface area (Å²) in [4.78, 5) is 11.6. The molecule has 25 heavy (non-hydrogen) atoms. The van der Waals surface area contributed by atoms with E-state index in [4.69, 9.17) is 4.74 Å². The number of carbonyl (C=O) groups is 1.